The molecular weight excluding hydrogens is 182 g/mol. The SMILES string of the molecule is C[C@@H]([C@@H](O)Cc1ccccc1)[N+](=O)[O-]. The fourth-order valence-corrected chi connectivity index (χ4v) is 1.17. The summed E-state index contributed by atoms with van der Waals surface area (Å²) in [4.78, 5) is 9.91. The number of nitrogens with zero attached hydrogens (tertiary/aromatic N) is 1. The highest BCUT2D eigenvalue weighted by Gasteiger charge is 2.23. The van der Waals surface area contributed by atoms with Crippen LogP contribution in [0.25, 0.3) is 0 Å². The van der Waals surface area contributed by atoms with E-state index in [2.05, 4.69) is 0 Å². The van der Waals surface area contributed by atoms with Crippen LogP contribution in [0.1, 0.15) is 12.5 Å². The summed E-state index contributed by atoms with van der Waals surface area (Å²) in [5, 5.41) is 19.9. The highest BCUT2D eigenvalue weighted by atomic mass is 16.6. The fraction of sp³-hybridized carbons (Fsp3) is 0.400. The van der Waals surface area contributed by atoms with E-state index in [4.69, 9.17) is 0 Å². The topological polar surface area (TPSA) is 63.4 Å². The van der Waals surface area contributed by atoms with Crippen LogP contribution < -0.4 is 0 Å². The molecule has 0 heterocycles. The van der Waals surface area contributed by atoms with Crippen LogP contribution in [0, 0.1) is 10.1 Å². The first-order valence-corrected chi connectivity index (χ1v) is 4.46. The molecule has 0 aromatic heterocycles. The standard InChI is InChI=1S/C10H13NO3/c1-8(11(13)14)10(12)7-9-5-3-2-4-6-9/h2-6,8,10,12H,7H2,1H3/t8-,10-/m0/s1. The minimum atomic E-state index is -0.924. The van der Waals surface area contributed by atoms with Gasteiger partial charge in [-0.15, -0.1) is 0 Å². The number of benzene rings is 1. The molecule has 1 N–H and O–H groups in total. The number of hydrogen-bond acceptors (Lipinski definition) is 3. The van der Waals surface area contributed by atoms with E-state index in [9.17, 15) is 15.2 Å². The van der Waals surface area contributed by atoms with Gasteiger partial charge in [0.05, 0.1) is 0 Å². The minimum Gasteiger partial charge on any atom is -0.386 e. The lowest BCUT2D eigenvalue weighted by Gasteiger charge is -2.11. The molecule has 14 heavy (non-hydrogen) atoms. The lowest BCUT2D eigenvalue weighted by molar-refractivity contribution is -0.529. The lowest BCUT2D eigenvalue weighted by Crippen LogP contribution is -2.32. The molecule has 0 radical (unpaired) electrons. The van der Waals surface area contributed by atoms with E-state index in [0.29, 0.717) is 6.42 Å². The van der Waals surface area contributed by atoms with Crippen LogP contribution in [0.5, 0.6) is 0 Å². The predicted octanol–water partition coefficient (Wildman–Crippen LogP) is 1.26. The van der Waals surface area contributed by atoms with Gasteiger partial charge in [0.1, 0.15) is 6.10 Å². The van der Waals surface area contributed by atoms with Crippen molar-refractivity contribution in [1.82, 2.24) is 0 Å². The normalized spacial score (nSPS) is 14.7. The van der Waals surface area contributed by atoms with Crippen molar-refractivity contribution in [1.29, 1.82) is 0 Å². The Labute approximate surface area is 82.3 Å². The molecule has 1 aromatic rings. The highest BCUT2D eigenvalue weighted by Crippen LogP contribution is 2.07. The van der Waals surface area contributed by atoms with Gasteiger partial charge in [0.15, 0.2) is 0 Å². The second-order valence-corrected chi connectivity index (χ2v) is 3.28. The average molecular weight is 195 g/mol. The summed E-state index contributed by atoms with van der Waals surface area (Å²) in [6.07, 6.45) is -0.601. The predicted molar refractivity (Wildman–Crippen MR) is 52.6 cm³/mol. The Hall–Kier alpha value is -1.42. The van der Waals surface area contributed by atoms with E-state index < -0.39 is 17.1 Å². The van der Waals surface area contributed by atoms with Gasteiger partial charge < -0.3 is 5.11 Å². The Balaban J connectivity index is 2.57. The second-order valence-electron chi connectivity index (χ2n) is 3.28. The van der Waals surface area contributed by atoms with Crippen molar-refractivity contribution in [3.8, 4) is 0 Å². The number of aliphatic hydroxyl groups is 1. The smallest absolute Gasteiger partial charge is 0.236 e. The van der Waals surface area contributed by atoms with Crippen LogP contribution >= 0.6 is 0 Å². The van der Waals surface area contributed by atoms with Gasteiger partial charge in [0.2, 0.25) is 6.04 Å². The summed E-state index contributed by atoms with van der Waals surface area (Å²) in [6, 6.07) is 8.33. The molecule has 0 saturated carbocycles. The van der Waals surface area contributed by atoms with Gasteiger partial charge in [-0.25, -0.2) is 0 Å². The van der Waals surface area contributed by atoms with Crippen molar-refractivity contribution in [2.45, 2.75) is 25.5 Å². The molecular formula is C10H13NO3. The van der Waals surface area contributed by atoms with Crippen molar-refractivity contribution in [2.75, 3.05) is 0 Å². The lowest BCUT2D eigenvalue weighted by atomic mass is 10.0. The molecule has 0 aliphatic carbocycles. The molecule has 0 saturated heterocycles. The Morgan fingerprint density at radius 2 is 2.00 bits per heavy atom. The third kappa shape index (κ3) is 2.81. The van der Waals surface area contributed by atoms with E-state index in [1.165, 1.54) is 6.92 Å². The van der Waals surface area contributed by atoms with Gasteiger partial charge in [0.25, 0.3) is 0 Å². The maximum atomic E-state index is 10.4. The molecule has 4 heteroatoms. The second kappa shape index (κ2) is 4.72. The van der Waals surface area contributed by atoms with Gasteiger partial charge in [-0.3, -0.25) is 10.1 Å². The maximum Gasteiger partial charge on any atom is 0.236 e. The quantitative estimate of drug-likeness (QED) is 0.581. The summed E-state index contributed by atoms with van der Waals surface area (Å²) >= 11 is 0. The number of hydrogen-bond donors (Lipinski definition) is 1. The van der Waals surface area contributed by atoms with E-state index >= 15 is 0 Å². The summed E-state index contributed by atoms with van der Waals surface area (Å²) in [7, 11) is 0. The first-order valence-electron chi connectivity index (χ1n) is 4.46. The molecule has 0 unspecified atom stereocenters. The zero-order valence-corrected chi connectivity index (χ0v) is 7.96. The molecule has 76 valence electrons. The number of rotatable bonds is 4. The van der Waals surface area contributed by atoms with Gasteiger partial charge in [-0.05, 0) is 5.56 Å². The first kappa shape index (κ1) is 10.7. The van der Waals surface area contributed by atoms with Gasteiger partial charge in [-0.2, -0.15) is 0 Å². The summed E-state index contributed by atoms with van der Waals surface area (Å²) in [5.74, 6) is 0. The summed E-state index contributed by atoms with van der Waals surface area (Å²) in [6.45, 7) is 1.41. The maximum absolute atomic E-state index is 10.4. The summed E-state index contributed by atoms with van der Waals surface area (Å²) < 4.78 is 0. The Morgan fingerprint density at radius 1 is 1.43 bits per heavy atom. The highest BCUT2D eigenvalue weighted by molar-refractivity contribution is 5.15. The molecule has 0 aliphatic rings. The Morgan fingerprint density at radius 3 is 2.50 bits per heavy atom. The van der Waals surface area contributed by atoms with E-state index in [1.807, 2.05) is 30.3 Å². The fourth-order valence-electron chi connectivity index (χ4n) is 1.17. The number of aliphatic hydroxyl groups excluding tert-OH is 1. The molecule has 0 fully saturated rings. The molecule has 0 amide bonds. The van der Waals surface area contributed by atoms with Crippen LogP contribution in [0.15, 0.2) is 30.3 Å². The van der Waals surface area contributed by atoms with Gasteiger partial charge >= 0.3 is 0 Å². The minimum absolute atomic E-state index is 0.322. The summed E-state index contributed by atoms with van der Waals surface area (Å²) in [5.41, 5.74) is 0.911. The largest absolute Gasteiger partial charge is 0.386 e. The third-order valence-corrected chi connectivity index (χ3v) is 2.18. The van der Waals surface area contributed by atoms with Crippen LogP contribution in [0.2, 0.25) is 0 Å². The molecule has 2 atom stereocenters. The molecule has 0 bridgehead atoms. The van der Waals surface area contributed by atoms with Crippen LogP contribution in [-0.4, -0.2) is 22.2 Å². The van der Waals surface area contributed by atoms with Crippen molar-refractivity contribution < 1.29 is 10.0 Å². The van der Waals surface area contributed by atoms with Crippen molar-refractivity contribution >= 4 is 0 Å². The third-order valence-electron chi connectivity index (χ3n) is 2.18. The zero-order chi connectivity index (χ0) is 10.6. The van der Waals surface area contributed by atoms with E-state index in [0.717, 1.165) is 5.56 Å². The first-order chi connectivity index (χ1) is 6.61. The average Bonchev–Trinajstić information content (AvgIpc) is 2.18. The van der Waals surface area contributed by atoms with Crippen LogP contribution in [0.3, 0.4) is 0 Å². The van der Waals surface area contributed by atoms with Gasteiger partial charge in [0, 0.05) is 18.3 Å². The molecule has 0 aliphatic heterocycles. The monoisotopic (exact) mass is 195 g/mol. The van der Waals surface area contributed by atoms with E-state index in [1.54, 1.807) is 0 Å². The zero-order valence-electron chi connectivity index (χ0n) is 7.96. The number of nitro groups is 1. The van der Waals surface area contributed by atoms with E-state index in [-0.39, 0.29) is 0 Å². The Kier molecular flexibility index (Phi) is 3.59. The van der Waals surface area contributed by atoms with Crippen LogP contribution in [-0.2, 0) is 6.42 Å². The molecule has 1 rings (SSSR count). The molecule has 1 aromatic carbocycles. The van der Waals surface area contributed by atoms with Crippen molar-refractivity contribution in [2.24, 2.45) is 0 Å². The van der Waals surface area contributed by atoms with Crippen molar-refractivity contribution in [3.05, 3.63) is 46.0 Å². The van der Waals surface area contributed by atoms with Crippen LogP contribution in [0.4, 0.5) is 0 Å². The molecule has 4 nitrogen and oxygen atoms in total. The Bertz CT molecular complexity index is 299. The van der Waals surface area contributed by atoms with Crippen molar-refractivity contribution in [3.63, 3.8) is 0 Å². The van der Waals surface area contributed by atoms with Gasteiger partial charge in [-0.1, -0.05) is 30.3 Å². The molecule has 0 spiro atoms.